The number of carbonyl (C=O) groups excluding carboxylic acids is 1. The second kappa shape index (κ2) is 5.34. The summed E-state index contributed by atoms with van der Waals surface area (Å²) in [7, 11) is 0. The predicted octanol–water partition coefficient (Wildman–Crippen LogP) is 3.06. The molecule has 1 amide bonds. The number of nitrogens with zero attached hydrogens (tertiary/aromatic N) is 1. The van der Waals surface area contributed by atoms with Gasteiger partial charge >= 0.3 is 6.09 Å². The number of amides is 1. The summed E-state index contributed by atoms with van der Waals surface area (Å²) in [6.07, 6.45) is 5.54. The summed E-state index contributed by atoms with van der Waals surface area (Å²) >= 11 is 0. The number of cyclic esters (lactones) is 1. The van der Waals surface area contributed by atoms with Gasteiger partial charge in [-0.15, -0.1) is 0 Å². The molecule has 0 atom stereocenters. The van der Waals surface area contributed by atoms with Crippen LogP contribution in [0.4, 0.5) is 4.79 Å². The van der Waals surface area contributed by atoms with Crippen LogP contribution in [0.5, 0.6) is 0 Å². The molecule has 1 heterocycles. The van der Waals surface area contributed by atoms with Crippen LogP contribution in [0.25, 0.3) is 6.08 Å². The number of ether oxygens (including phenoxy) is 1. The number of rotatable bonds is 3. The highest BCUT2D eigenvalue weighted by Gasteiger charge is 2.23. The summed E-state index contributed by atoms with van der Waals surface area (Å²) in [5, 5.41) is 0. The first-order chi connectivity index (χ1) is 8.31. The summed E-state index contributed by atoms with van der Waals surface area (Å²) in [6.45, 7) is 3.00. The Morgan fingerprint density at radius 2 is 2.12 bits per heavy atom. The predicted molar refractivity (Wildman–Crippen MR) is 67.3 cm³/mol. The number of hydrogen-bond acceptors (Lipinski definition) is 2. The molecule has 0 aromatic heterocycles. The molecule has 0 unspecified atom stereocenters. The molecule has 1 aromatic carbocycles. The Balaban J connectivity index is 2.29. The van der Waals surface area contributed by atoms with Crippen LogP contribution in [0.1, 0.15) is 12.5 Å². The third kappa shape index (κ3) is 2.75. The Labute approximate surface area is 101 Å². The minimum atomic E-state index is -0.273. The normalized spacial score (nSPS) is 16.6. The number of allylic oxidation sites excluding steroid dienone is 2. The summed E-state index contributed by atoms with van der Waals surface area (Å²) in [5.41, 5.74) is 1.93. The van der Waals surface area contributed by atoms with Crippen molar-refractivity contribution in [1.29, 1.82) is 0 Å². The van der Waals surface area contributed by atoms with Crippen LogP contribution >= 0.6 is 0 Å². The standard InChI is InChI=1S/C14H15NO2/c1-2-6-13(15-9-10-17-14(15)16)11-12-7-4-3-5-8-12/h2-8,11H,9-10H2,1H3/b6-2-,13-11+. The van der Waals surface area contributed by atoms with Crippen molar-refractivity contribution in [3.8, 4) is 0 Å². The van der Waals surface area contributed by atoms with Crippen molar-refractivity contribution >= 4 is 12.2 Å². The first-order valence-corrected chi connectivity index (χ1v) is 5.65. The summed E-state index contributed by atoms with van der Waals surface area (Å²) in [6, 6.07) is 9.93. The van der Waals surface area contributed by atoms with Gasteiger partial charge in [0, 0.05) is 5.70 Å². The van der Waals surface area contributed by atoms with Crippen molar-refractivity contribution in [1.82, 2.24) is 4.90 Å². The van der Waals surface area contributed by atoms with E-state index in [4.69, 9.17) is 4.74 Å². The number of benzene rings is 1. The van der Waals surface area contributed by atoms with Crippen LogP contribution in [-0.2, 0) is 4.74 Å². The first-order valence-electron chi connectivity index (χ1n) is 5.65. The second-order valence-corrected chi connectivity index (χ2v) is 3.75. The van der Waals surface area contributed by atoms with E-state index in [9.17, 15) is 4.79 Å². The van der Waals surface area contributed by atoms with Crippen molar-refractivity contribution in [2.45, 2.75) is 6.92 Å². The zero-order valence-electron chi connectivity index (χ0n) is 9.80. The number of carbonyl (C=O) groups is 1. The Hall–Kier alpha value is -2.03. The minimum absolute atomic E-state index is 0.273. The zero-order chi connectivity index (χ0) is 12.1. The van der Waals surface area contributed by atoms with Gasteiger partial charge < -0.3 is 4.74 Å². The molecule has 0 saturated carbocycles. The quantitative estimate of drug-likeness (QED) is 0.745. The maximum Gasteiger partial charge on any atom is 0.414 e. The molecule has 3 heteroatoms. The highest BCUT2D eigenvalue weighted by atomic mass is 16.6. The van der Waals surface area contributed by atoms with Gasteiger partial charge in [0.2, 0.25) is 0 Å². The highest BCUT2D eigenvalue weighted by Crippen LogP contribution is 2.17. The van der Waals surface area contributed by atoms with Gasteiger partial charge in [0.05, 0.1) is 6.54 Å². The molecule has 88 valence electrons. The molecule has 17 heavy (non-hydrogen) atoms. The molecule has 1 aromatic rings. The Morgan fingerprint density at radius 3 is 2.71 bits per heavy atom. The van der Waals surface area contributed by atoms with Crippen molar-refractivity contribution in [3.05, 3.63) is 53.7 Å². The topological polar surface area (TPSA) is 29.5 Å². The lowest BCUT2D eigenvalue weighted by Crippen LogP contribution is -2.22. The lowest BCUT2D eigenvalue weighted by Gasteiger charge is -2.13. The van der Waals surface area contributed by atoms with E-state index in [-0.39, 0.29) is 6.09 Å². The lowest BCUT2D eigenvalue weighted by molar-refractivity contribution is 0.165. The lowest BCUT2D eigenvalue weighted by atomic mass is 10.2. The van der Waals surface area contributed by atoms with Crippen LogP contribution in [0.15, 0.2) is 48.2 Å². The van der Waals surface area contributed by atoms with E-state index >= 15 is 0 Å². The SMILES string of the molecule is C/C=C\C(=C/c1ccccc1)N1CCOC1=O. The molecule has 0 spiro atoms. The van der Waals surface area contributed by atoms with Crippen molar-refractivity contribution < 1.29 is 9.53 Å². The minimum Gasteiger partial charge on any atom is -0.447 e. The molecule has 3 nitrogen and oxygen atoms in total. The maximum absolute atomic E-state index is 11.5. The van der Waals surface area contributed by atoms with Gasteiger partial charge in [0.15, 0.2) is 0 Å². The van der Waals surface area contributed by atoms with E-state index in [1.807, 2.05) is 55.5 Å². The molecular formula is C14H15NO2. The Bertz CT molecular complexity index is 449. The van der Waals surface area contributed by atoms with Gasteiger partial charge in [0.25, 0.3) is 0 Å². The van der Waals surface area contributed by atoms with E-state index in [0.29, 0.717) is 13.2 Å². The summed E-state index contributed by atoms with van der Waals surface area (Å²) < 4.78 is 4.94. The van der Waals surface area contributed by atoms with E-state index < -0.39 is 0 Å². The molecule has 0 radical (unpaired) electrons. The molecule has 2 rings (SSSR count). The maximum atomic E-state index is 11.5. The van der Waals surface area contributed by atoms with Crippen molar-refractivity contribution in [2.24, 2.45) is 0 Å². The van der Waals surface area contributed by atoms with E-state index in [1.54, 1.807) is 4.90 Å². The summed E-state index contributed by atoms with van der Waals surface area (Å²) in [5.74, 6) is 0. The average Bonchev–Trinajstić information content (AvgIpc) is 2.76. The summed E-state index contributed by atoms with van der Waals surface area (Å²) in [4.78, 5) is 13.2. The first kappa shape index (κ1) is 11.5. The van der Waals surface area contributed by atoms with Gasteiger partial charge in [0.1, 0.15) is 6.61 Å². The largest absolute Gasteiger partial charge is 0.447 e. The third-order valence-electron chi connectivity index (χ3n) is 2.52. The van der Waals surface area contributed by atoms with E-state index in [1.165, 1.54) is 0 Å². The van der Waals surface area contributed by atoms with Gasteiger partial charge in [-0.05, 0) is 24.6 Å². The molecule has 1 aliphatic rings. The zero-order valence-corrected chi connectivity index (χ0v) is 9.80. The van der Waals surface area contributed by atoms with E-state index in [0.717, 1.165) is 11.3 Å². The van der Waals surface area contributed by atoms with Crippen LogP contribution in [0.3, 0.4) is 0 Å². The van der Waals surface area contributed by atoms with Gasteiger partial charge in [-0.25, -0.2) is 4.79 Å². The van der Waals surface area contributed by atoms with Crippen LogP contribution in [-0.4, -0.2) is 24.1 Å². The molecule has 1 aliphatic heterocycles. The number of hydrogen-bond donors (Lipinski definition) is 0. The van der Waals surface area contributed by atoms with Crippen LogP contribution in [0.2, 0.25) is 0 Å². The Morgan fingerprint density at radius 1 is 1.35 bits per heavy atom. The van der Waals surface area contributed by atoms with Gasteiger partial charge in [-0.1, -0.05) is 36.4 Å². The highest BCUT2D eigenvalue weighted by molar-refractivity contribution is 5.75. The van der Waals surface area contributed by atoms with Crippen molar-refractivity contribution in [3.63, 3.8) is 0 Å². The average molecular weight is 229 g/mol. The van der Waals surface area contributed by atoms with Gasteiger partial charge in [-0.2, -0.15) is 0 Å². The second-order valence-electron chi connectivity index (χ2n) is 3.75. The molecule has 0 bridgehead atoms. The molecule has 1 saturated heterocycles. The third-order valence-corrected chi connectivity index (χ3v) is 2.52. The fourth-order valence-corrected chi connectivity index (χ4v) is 1.73. The smallest absolute Gasteiger partial charge is 0.414 e. The van der Waals surface area contributed by atoms with Crippen LogP contribution in [0, 0.1) is 0 Å². The van der Waals surface area contributed by atoms with E-state index in [2.05, 4.69) is 0 Å². The van der Waals surface area contributed by atoms with Crippen molar-refractivity contribution in [2.75, 3.05) is 13.2 Å². The Kier molecular flexibility index (Phi) is 3.60. The molecule has 0 aliphatic carbocycles. The monoisotopic (exact) mass is 229 g/mol. The fraction of sp³-hybridized carbons (Fsp3) is 0.214. The fourth-order valence-electron chi connectivity index (χ4n) is 1.73. The molecule has 1 fully saturated rings. The molecule has 0 N–H and O–H groups in total. The molecular weight excluding hydrogens is 214 g/mol. The van der Waals surface area contributed by atoms with Gasteiger partial charge in [-0.3, -0.25) is 4.90 Å². The van der Waals surface area contributed by atoms with Crippen LogP contribution < -0.4 is 0 Å².